The van der Waals surface area contributed by atoms with Crippen molar-refractivity contribution >= 4 is 0 Å². The van der Waals surface area contributed by atoms with E-state index < -0.39 is 12.4 Å². The molecule has 1 saturated heterocycles. The van der Waals surface area contributed by atoms with Crippen LogP contribution < -0.4 is 5.32 Å². The highest BCUT2D eigenvalue weighted by Crippen LogP contribution is 2.37. The van der Waals surface area contributed by atoms with Crippen molar-refractivity contribution in [1.82, 2.24) is 5.32 Å². The summed E-state index contributed by atoms with van der Waals surface area (Å²) in [4.78, 5) is 11.2. The molecule has 0 amide bonds. The van der Waals surface area contributed by atoms with Crippen molar-refractivity contribution in [3.05, 3.63) is 4.91 Å². The number of ether oxygens (including phenoxy) is 2. The molecular formula is C16H30N2O4. The smallest absolute Gasteiger partial charge is 0.185 e. The van der Waals surface area contributed by atoms with Crippen LogP contribution in [0.25, 0.3) is 0 Å². The average molecular weight is 314 g/mol. The third-order valence-corrected chi connectivity index (χ3v) is 5.18. The fourth-order valence-electron chi connectivity index (χ4n) is 4.06. The Morgan fingerprint density at radius 3 is 2.59 bits per heavy atom. The zero-order valence-electron chi connectivity index (χ0n) is 14.3. The fraction of sp³-hybridized carbons (Fsp3) is 1.00. The summed E-state index contributed by atoms with van der Waals surface area (Å²) in [7, 11) is 1.83. The average Bonchev–Trinajstić information content (AvgIpc) is 2.43. The van der Waals surface area contributed by atoms with Gasteiger partial charge in [-0.15, -0.1) is 0 Å². The second-order valence-corrected chi connectivity index (χ2v) is 7.75. The maximum atomic E-state index is 11.2. The second-order valence-electron chi connectivity index (χ2n) is 7.75. The molecule has 2 rings (SSSR count). The largest absolute Gasteiger partial charge is 0.386 e. The molecule has 7 unspecified atom stereocenters. The third kappa shape index (κ3) is 3.50. The summed E-state index contributed by atoms with van der Waals surface area (Å²) in [6, 6.07) is -0.482. The Labute approximate surface area is 132 Å². The molecule has 0 aromatic carbocycles. The summed E-state index contributed by atoms with van der Waals surface area (Å²) < 4.78 is 11.8. The van der Waals surface area contributed by atoms with E-state index in [1.807, 2.05) is 20.9 Å². The Bertz CT molecular complexity index is 390. The van der Waals surface area contributed by atoms with Crippen LogP contribution in [0.15, 0.2) is 5.18 Å². The normalized spacial score (nSPS) is 45.5. The van der Waals surface area contributed by atoms with Gasteiger partial charge in [-0.3, -0.25) is 0 Å². The number of nitrogens with zero attached hydrogens (tertiary/aromatic N) is 1. The number of likely N-dealkylation sites (N-methyl/N-ethyl adjacent to an activating group) is 1. The molecule has 22 heavy (non-hydrogen) atoms. The molecule has 7 atom stereocenters. The minimum atomic E-state index is -0.771. The lowest BCUT2D eigenvalue weighted by Crippen LogP contribution is -2.61. The Kier molecular flexibility index (Phi) is 5.59. The summed E-state index contributed by atoms with van der Waals surface area (Å²) in [6.07, 6.45) is -0.0295. The van der Waals surface area contributed by atoms with E-state index in [4.69, 9.17) is 9.47 Å². The molecule has 1 aliphatic heterocycles. The molecule has 1 heterocycles. The lowest BCUT2D eigenvalue weighted by Gasteiger charge is -2.47. The predicted molar refractivity (Wildman–Crippen MR) is 84.4 cm³/mol. The summed E-state index contributed by atoms with van der Waals surface area (Å²) in [5.74, 6) is 0.698. The monoisotopic (exact) mass is 314 g/mol. The number of aliphatic hydroxyl groups excluding tert-OH is 1. The van der Waals surface area contributed by atoms with E-state index in [1.165, 1.54) is 0 Å². The molecule has 6 heteroatoms. The van der Waals surface area contributed by atoms with E-state index >= 15 is 0 Å². The van der Waals surface area contributed by atoms with Crippen LogP contribution >= 0.6 is 0 Å². The van der Waals surface area contributed by atoms with Gasteiger partial charge >= 0.3 is 0 Å². The summed E-state index contributed by atoms with van der Waals surface area (Å²) in [5.41, 5.74) is -0.178. The van der Waals surface area contributed by atoms with Gasteiger partial charge in [0, 0.05) is 11.5 Å². The van der Waals surface area contributed by atoms with Gasteiger partial charge in [0.25, 0.3) is 0 Å². The first-order valence-electron chi connectivity index (χ1n) is 8.25. The van der Waals surface area contributed by atoms with Crippen molar-refractivity contribution < 1.29 is 14.6 Å². The quantitative estimate of drug-likeness (QED) is 0.775. The van der Waals surface area contributed by atoms with Crippen LogP contribution in [0, 0.1) is 22.2 Å². The summed E-state index contributed by atoms with van der Waals surface area (Å²) >= 11 is 0. The van der Waals surface area contributed by atoms with Gasteiger partial charge in [-0.1, -0.05) is 32.9 Å². The molecule has 6 nitrogen and oxygen atoms in total. The van der Waals surface area contributed by atoms with Crippen LogP contribution in [0.3, 0.4) is 0 Å². The lowest BCUT2D eigenvalue weighted by molar-refractivity contribution is -0.275. The molecule has 0 spiro atoms. The van der Waals surface area contributed by atoms with Crippen LogP contribution in [-0.4, -0.2) is 49.3 Å². The molecule has 0 aromatic rings. The predicted octanol–water partition coefficient (Wildman–Crippen LogP) is 1.90. The molecule has 1 saturated carbocycles. The number of rotatable bonds is 4. The van der Waals surface area contributed by atoms with Gasteiger partial charge in [0.2, 0.25) is 0 Å². The zero-order chi connectivity index (χ0) is 16.5. The SMILES string of the molecule is CNC1C(O)C(OC2C(C)CC(C)CC2N=O)OCC1(C)C. The van der Waals surface area contributed by atoms with Crippen LogP contribution in [-0.2, 0) is 9.47 Å². The van der Waals surface area contributed by atoms with E-state index in [1.54, 1.807) is 0 Å². The van der Waals surface area contributed by atoms with E-state index in [0.29, 0.717) is 12.5 Å². The van der Waals surface area contributed by atoms with Crippen molar-refractivity contribution in [2.75, 3.05) is 13.7 Å². The molecular weight excluding hydrogens is 284 g/mol. The van der Waals surface area contributed by atoms with Crippen molar-refractivity contribution in [2.45, 2.75) is 71.1 Å². The maximum Gasteiger partial charge on any atom is 0.185 e. The maximum absolute atomic E-state index is 11.2. The molecule has 128 valence electrons. The van der Waals surface area contributed by atoms with E-state index in [-0.39, 0.29) is 29.5 Å². The van der Waals surface area contributed by atoms with Crippen molar-refractivity contribution in [1.29, 1.82) is 0 Å². The highest BCUT2D eigenvalue weighted by atomic mass is 16.7. The Morgan fingerprint density at radius 1 is 1.32 bits per heavy atom. The summed E-state index contributed by atoms with van der Waals surface area (Å²) in [5, 5.41) is 17.0. The third-order valence-electron chi connectivity index (χ3n) is 5.18. The van der Waals surface area contributed by atoms with Gasteiger partial charge in [0.15, 0.2) is 6.29 Å². The standard InChI is InChI=1S/C16H30N2O4/c1-9-6-10(2)13(11(7-9)18-20)22-15-12(19)14(17-5)16(3,4)8-21-15/h9-15,17,19H,6-8H2,1-5H3. The molecule has 0 radical (unpaired) electrons. The Balaban J connectivity index is 2.07. The highest BCUT2D eigenvalue weighted by molar-refractivity contribution is 4.95. The van der Waals surface area contributed by atoms with Crippen LogP contribution in [0.2, 0.25) is 0 Å². The van der Waals surface area contributed by atoms with Gasteiger partial charge in [-0.2, -0.15) is 4.91 Å². The molecule has 2 aliphatic rings. The highest BCUT2D eigenvalue weighted by Gasteiger charge is 2.47. The number of hydrogen-bond acceptors (Lipinski definition) is 6. The van der Waals surface area contributed by atoms with Crippen LogP contribution in [0.1, 0.15) is 40.5 Å². The number of nitrogens with one attached hydrogen (secondary N) is 1. The van der Waals surface area contributed by atoms with Gasteiger partial charge in [-0.05, 0) is 31.7 Å². The van der Waals surface area contributed by atoms with Crippen molar-refractivity contribution in [3.63, 3.8) is 0 Å². The first-order valence-corrected chi connectivity index (χ1v) is 8.25. The lowest BCUT2D eigenvalue weighted by atomic mass is 9.78. The number of nitroso groups, excluding NO2 is 1. The van der Waals surface area contributed by atoms with Gasteiger partial charge in [0.05, 0.1) is 12.7 Å². The minimum absolute atomic E-state index is 0.119. The fourth-order valence-corrected chi connectivity index (χ4v) is 4.06. The first kappa shape index (κ1) is 17.8. The first-order chi connectivity index (χ1) is 10.3. The molecule has 1 aliphatic carbocycles. The van der Waals surface area contributed by atoms with Crippen LogP contribution in [0.4, 0.5) is 0 Å². The zero-order valence-corrected chi connectivity index (χ0v) is 14.3. The van der Waals surface area contributed by atoms with E-state index in [0.717, 1.165) is 12.8 Å². The van der Waals surface area contributed by atoms with E-state index in [9.17, 15) is 10.0 Å². The molecule has 2 fully saturated rings. The van der Waals surface area contributed by atoms with Gasteiger partial charge in [-0.25, -0.2) is 0 Å². The van der Waals surface area contributed by atoms with Crippen molar-refractivity contribution in [2.24, 2.45) is 22.4 Å². The topological polar surface area (TPSA) is 80.1 Å². The Hall–Kier alpha value is -0.560. The summed E-state index contributed by atoms with van der Waals surface area (Å²) in [6.45, 7) is 8.81. The van der Waals surface area contributed by atoms with Gasteiger partial charge < -0.3 is 19.9 Å². The molecule has 2 N–H and O–H groups in total. The molecule has 0 bridgehead atoms. The Morgan fingerprint density at radius 2 is 2.00 bits per heavy atom. The van der Waals surface area contributed by atoms with Gasteiger partial charge in [0.1, 0.15) is 12.1 Å². The van der Waals surface area contributed by atoms with E-state index in [2.05, 4.69) is 24.3 Å². The molecule has 0 aromatic heterocycles. The minimum Gasteiger partial charge on any atom is -0.386 e. The number of aliphatic hydroxyl groups is 1. The second kappa shape index (κ2) is 6.91. The number of hydrogen-bond donors (Lipinski definition) is 2. The van der Waals surface area contributed by atoms with Crippen LogP contribution in [0.5, 0.6) is 0 Å². The van der Waals surface area contributed by atoms with Crippen molar-refractivity contribution in [3.8, 4) is 0 Å².